The van der Waals surface area contributed by atoms with E-state index in [1.54, 1.807) is 48.7 Å². The molecule has 9 nitrogen and oxygen atoms in total. The van der Waals surface area contributed by atoms with Crippen LogP contribution in [-0.2, 0) is 13.6 Å². The van der Waals surface area contributed by atoms with Gasteiger partial charge in [0.05, 0.1) is 46.7 Å². The number of aryl methyl sites for hydroxylation is 1. The Bertz CT molecular complexity index is 1860. The Morgan fingerprint density at radius 1 is 1.08 bits per heavy atom. The standard InChI is InChI=1S/C28H29N7O2/c1-16(2)35-25-21(33(5)27(35)36)13-30-26-23(25)22(18-6-7-19-11-29-9-8-17(19)10-18)24(32-26)20-12-31-34(14-20)15-28(3,4)37/h6-14,16,37H,15H2,1-5H3,(H,30,32). The maximum Gasteiger partial charge on any atom is 0.329 e. The first-order valence-corrected chi connectivity index (χ1v) is 12.3. The summed E-state index contributed by atoms with van der Waals surface area (Å²) >= 11 is 0. The third-order valence-electron chi connectivity index (χ3n) is 6.79. The first-order chi connectivity index (χ1) is 17.6. The van der Waals surface area contributed by atoms with E-state index in [0.717, 1.165) is 49.6 Å². The summed E-state index contributed by atoms with van der Waals surface area (Å²) in [6.07, 6.45) is 9.11. The Morgan fingerprint density at radius 2 is 1.89 bits per heavy atom. The van der Waals surface area contributed by atoms with Crippen LogP contribution in [0.3, 0.4) is 0 Å². The van der Waals surface area contributed by atoms with E-state index in [0.29, 0.717) is 12.2 Å². The first-order valence-electron chi connectivity index (χ1n) is 12.3. The van der Waals surface area contributed by atoms with E-state index in [2.05, 4.69) is 33.3 Å². The largest absolute Gasteiger partial charge is 0.389 e. The van der Waals surface area contributed by atoms with Crippen molar-refractivity contribution >= 4 is 32.8 Å². The van der Waals surface area contributed by atoms with Crippen molar-refractivity contribution in [3.05, 3.63) is 65.7 Å². The van der Waals surface area contributed by atoms with Crippen LogP contribution in [0.4, 0.5) is 0 Å². The molecule has 37 heavy (non-hydrogen) atoms. The highest BCUT2D eigenvalue weighted by atomic mass is 16.3. The normalized spacial score (nSPS) is 12.5. The molecular weight excluding hydrogens is 466 g/mol. The van der Waals surface area contributed by atoms with Gasteiger partial charge in [-0.05, 0) is 50.8 Å². The predicted octanol–water partition coefficient (Wildman–Crippen LogP) is 4.65. The van der Waals surface area contributed by atoms with E-state index < -0.39 is 5.60 Å². The van der Waals surface area contributed by atoms with Crippen LogP contribution in [0.5, 0.6) is 0 Å². The van der Waals surface area contributed by atoms with Crippen molar-refractivity contribution in [1.29, 1.82) is 0 Å². The molecule has 0 atom stereocenters. The number of hydrogen-bond donors (Lipinski definition) is 2. The molecule has 0 aliphatic rings. The number of aromatic amines is 1. The molecule has 0 radical (unpaired) electrons. The SMILES string of the molecule is CC(C)n1c(=O)n(C)c2cnc3[nH]c(-c4cnn(CC(C)(C)O)c4)c(-c4ccc5cnccc5c4)c3c21. The second kappa shape index (κ2) is 8.14. The van der Waals surface area contributed by atoms with Gasteiger partial charge in [-0.2, -0.15) is 5.10 Å². The van der Waals surface area contributed by atoms with Crippen molar-refractivity contribution in [2.24, 2.45) is 7.05 Å². The summed E-state index contributed by atoms with van der Waals surface area (Å²) in [7, 11) is 1.79. The van der Waals surface area contributed by atoms with Gasteiger partial charge < -0.3 is 10.1 Å². The molecule has 0 amide bonds. The Kier molecular flexibility index (Phi) is 5.10. The smallest absolute Gasteiger partial charge is 0.329 e. The van der Waals surface area contributed by atoms with Gasteiger partial charge in [-0.15, -0.1) is 0 Å². The quantitative estimate of drug-likeness (QED) is 0.362. The summed E-state index contributed by atoms with van der Waals surface area (Å²) in [4.78, 5) is 25.8. The van der Waals surface area contributed by atoms with Gasteiger partial charge in [0.1, 0.15) is 5.65 Å². The van der Waals surface area contributed by atoms with Crippen LogP contribution in [0.15, 0.2) is 60.0 Å². The lowest BCUT2D eigenvalue weighted by atomic mass is 9.97. The Labute approximate surface area is 213 Å². The number of hydrogen-bond acceptors (Lipinski definition) is 5. The van der Waals surface area contributed by atoms with Crippen LogP contribution in [0, 0.1) is 0 Å². The zero-order chi connectivity index (χ0) is 26.1. The molecule has 1 aromatic carbocycles. The minimum absolute atomic E-state index is 0.0368. The molecule has 0 unspecified atom stereocenters. The van der Waals surface area contributed by atoms with Crippen molar-refractivity contribution in [1.82, 2.24) is 33.9 Å². The lowest BCUT2D eigenvalue weighted by Gasteiger charge is -2.16. The molecule has 6 aromatic rings. The van der Waals surface area contributed by atoms with E-state index in [1.807, 2.05) is 36.9 Å². The summed E-state index contributed by atoms with van der Waals surface area (Å²) < 4.78 is 5.24. The van der Waals surface area contributed by atoms with E-state index in [4.69, 9.17) is 4.98 Å². The van der Waals surface area contributed by atoms with Crippen molar-refractivity contribution in [3.63, 3.8) is 0 Å². The molecule has 0 fully saturated rings. The average Bonchev–Trinajstić information content (AvgIpc) is 3.52. The van der Waals surface area contributed by atoms with E-state index in [9.17, 15) is 9.90 Å². The lowest BCUT2D eigenvalue weighted by Crippen LogP contribution is -2.26. The molecule has 188 valence electrons. The Hall–Kier alpha value is -4.24. The van der Waals surface area contributed by atoms with Crippen LogP contribution in [-0.4, -0.2) is 44.6 Å². The number of imidazole rings is 1. The van der Waals surface area contributed by atoms with Gasteiger partial charge in [0, 0.05) is 48.2 Å². The molecule has 5 aromatic heterocycles. The van der Waals surface area contributed by atoms with Gasteiger partial charge in [0.25, 0.3) is 0 Å². The van der Waals surface area contributed by atoms with Gasteiger partial charge in [0.2, 0.25) is 0 Å². The fourth-order valence-corrected chi connectivity index (χ4v) is 5.18. The number of H-pyrrole nitrogens is 1. The average molecular weight is 496 g/mol. The van der Waals surface area contributed by atoms with Crippen molar-refractivity contribution in [2.45, 2.75) is 45.9 Å². The Balaban J connectivity index is 1.72. The van der Waals surface area contributed by atoms with Gasteiger partial charge in [-0.1, -0.05) is 12.1 Å². The molecule has 0 aliphatic carbocycles. The number of benzene rings is 1. The highest BCUT2D eigenvalue weighted by Gasteiger charge is 2.25. The van der Waals surface area contributed by atoms with Gasteiger partial charge in [0.15, 0.2) is 0 Å². The van der Waals surface area contributed by atoms with Gasteiger partial charge in [-0.3, -0.25) is 18.8 Å². The van der Waals surface area contributed by atoms with E-state index >= 15 is 0 Å². The van der Waals surface area contributed by atoms with E-state index in [-0.39, 0.29) is 11.7 Å². The second-order valence-electron chi connectivity index (χ2n) is 10.6. The zero-order valence-electron chi connectivity index (χ0n) is 21.5. The summed E-state index contributed by atoms with van der Waals surface area (Å²) in [5.41, 5.74) is 5.03. The monoisotopic (exact) mass is 495 g/mol. The van der Waals surface area contributed by atoms with Crippen molar-refractivity contribution in [3.8, 4) is 22.4 Å². The fourth-order valence-electron chi connectivity index (χ4n) is 5.18. The van der Waals surface area contributed by atoms with Crippen LogP contribution in [0.2, 0.25) is 0 Å². The van der Waals surface area contributed by atoms with Crippen molar-refractivity contribution in [2.75, 3.05) is 0 Å². The van der Waals surface area contributed by atoms with Crippen LogP contribution < -0.4 is 5.69 Å². The molecule has 0 saturated heterocycles. The van der Waals surface area contributed by atoms with E-state index in [1.165, 1.54) is 0 Å². The predicted molar refractivity (Wildman–Crippen MR) is 145 cm³/mol. The highest BCUT2D eigenvalue weighted by Crippen LogP contribution is 2.41. The minimum Gasteiger partial charge on any atom is -0.389 e. The third kappa shape index (κ3) is 3.74. The zero-order valence-corrected chi connectivity index (χ0v) is 21.5. The summed E-state index contributed by atoms with van der Waals surface area (Å²) in [6, 6.07) is 8.24. The fraction of sp³-hybridized carbons (Fsp3) is 0.286. The molecule has 2 N–H and O–H groups in total. The van der Waals surface area contributed by atoms with Gasteiger partial charge in [-0.25, -0.2) is 9.78 Å². The maximum atomic E-state index is 13.3. The second-order valence-corrected chi connectivity index (χ2v) is 10.6. The first kappa shape index (κ1) is 23.2. The third-order valence-corrected chi connectivity index (χ3v) is 6.79. The number of fused-ring (bicyclic) bond motifs is 4. The molecule has 0 bridgehead atoms. The number of aliphatic hydroxyl groups is 1. The van der Waals surface area contributed by atoms with Crippen LogP contribution >= 0.6 is 0 Å². The summed E-state index contributed by atoms with van der Waals surface area (Å²) in [5, 5.41) is 17.8. The van der Waals surface area contributed by atoms with Crippen LogP contribution in [0.25, 0.3) is 55.2 Å². The molecular formula is C28H29N7O2. The summed E-state index contributed by atoms with van der Waals surface area (Å²) in [6.45, 7) is 7.91. The van der Waals surface area contributed by atoms with Crippen LogP contribution in [0.1, 0.15) is 33.7 Å². The number of aromatic nitrogens is 7. The number of nitrogens with one attached hydrogen (secondary N) is 1. The molecule has 9 heteroatoms. The topological polar surface area (TPSA) is 107 Å². The maximum absolute atomic E-state index is 13.3. The molecule has 0 saturated carbocycles. The number of rotatable bonds is 5. The minimum atomic E-state index is -0.899. The molecule has 5 heterocycles. The molecule has 0 aliphatic heterocycles. The lowest BCUT2D eigenvalue weighted by molar-refractivity contribution is 0.0577. The van der Waals surface area contributed by atoms with Gasteiger partial charge >= 0.3 is 5.69 Å². The summed E-state index contributed by atoms with van der Waals surface area (Å²) in [5.74, 6) is 0. The number of pyridine rings is 2. The van der Waals surface area contributed by atoms with Crippen molar-refractivity contribution < 1.29 is 5.11 Å². The number of nitrogens with zero attached hydrogens (tertiary/aromatic N) is 6. The Morgan fingerprint density at radius 3 is 2.65 bits per heavy atom. The molecule has 0 spiro atoms. The highest BCUT2D eigenvalue weighted by molar-refractivity contribution is 6.14. The molecule has 6 rings (SSSR count).